The Hall–Kier alpha value is -6.63. The van der Waals surface area contributed by atoms with Crippen molar-refractivity contribution in [2.75, 3.05) is 111 Å². The third-order valence-corrected chi connectivity index (χ3v) is 19.4. The molecule has 0 saturated carbocycles. The summed E-state index contributed by atoms with van der Waals surface area (Å²) < 4.78 is 170. The second kappa shape index (κ2) is 79.9. The number of ether oxygens (including phenoxy) is 7. The van der Waals surface area contributed by atoms with Gasteiger partial charge in [-0.25, -0.2) is 19.2 Å². The molecular formula is C95H159F9K2N12O18S. The molecule has 1 atom stereocenters. The molecule has 778 valence electrons. The molecule has 4 aromatic rings. The minimum absolute atomic E-state index is 0. The molecular weight excluding hydrogens is 1880 g/mol. The number of amides is 6. The van der Waals surface area contributed by atoms with Gasteiger partial charge in [0, 0.05) is 129 Å². The molecule has 0 spiro atoms. The van der Waals surface area contributed by atoms with Crippen LogP contribution in [0.2, 0.25) is 0 Å². The van der Waals surface area contributed by atoms with Crippen molar-refractivity contribution in [3.8, 4) is 5.75 Å². The number of esters is 2. The van der Waals surface area contributed by atoms with Crippen molar-refractivity contribution in [1.82, 2.24) is 41.3 Å². The number of sulfonamides is 1. The predicted molar refractivity (Wildman–Crippen MR) is 522 cm³/mol. The number of amidine groups is 1. The molecule has 2 heterocycles. The summed E-state index contributed by atoms with van der Waals surface area (Å²) in [5.41, 5.74) is 21.0. The summed E-state index contributed by atoms with van der Waals surface area (Å²) in [5, 5.41) is 12.0. The average Bonchev–Trinajstić information content (AvgIpc) is 1.76. The number of aryl methyl sites for hydroxylation is 1. The number of benzene rings is 4. The normalized spacial score (nSPS) is 12.3. The Morgan fingerprint density at radius 1 is 0.547 bits per heavy atom. The van der Waals surface area contributed by atoms with Crippen molar-refractivity contribution in [1.29, 1.82) is 0 Å². The number of halogens is 9. The summed E-state index contributed by atoms with van der Waals surface area (Å²) in [7, 11) is -4.09. The number of likely N-dealkylation sites (N-methyl/N-ethyl adjacent to an activating group) is 4. The number of alkyl carbamates (subject to hydrolysis) is 1. The fourth-order valence-electron chi connectivity index (χ4n) is 11.3. The van der Waals surface area contributed by atoms with Crippen molar-refractivity contribution in [2.45, 2.75) is 296 Å². The first-order valence-corrected chi connectivity index (χ1v) is 63.8. The van der Waals surface area contributed by atoms with Crippen LogP contribution in [0.5, 0.6) is 5.75 Å². The summed E-state index contributed by atoms with van der Waals surface area (Å²) in [4.78, 5) is 108. The van der Waals surface area contributed by atoms with E-state index in [0.29, 0.717) is 115 Å². The van der Waals surface area contributed by atoms with Gasteiger partial charge < -0.3 is 91.6 Å². The maximum atomic E-state index is 13.5. The molecule has 2 aliphatic rings. The van der Waals surface area contributed by atoms with E-state index < -0.39 is 75.8 Å². The first-order valence-electron chi connectivity index (χ1n) is 46.4. The summed E-state index contributed by atoms with van der Waals surface area (Å²) >= 11 is 2.50. The third kappa shape index (κ3) is 70.6. The molecule has 0 bridgehead atoms. The Balaban J connectivity index is -0.000000410. The molecule has 0 aliphatic carbocycles. The van der Waals surface area contributed by atoms with Crippen LogP contribution in [0, 0.1) is 20.8 Å². The van der Waals surface area contributed by atoms with Gasteiger partial charge in [-0.05, 0) is 189 Å². The predicted octanol–water partition coefficient (Wildman–Crippen LogP) is 16.0. The molecule has 1 saturated heterocycles. The van der Waals surface area contributed by atoms with Gasteiger partial charge in [0.05, 0.1) is 17.5 Å². The number of carbonyl (C=O) groups excluding carboxylic acids is 9. The number of nitrogens with two attached hydrogens (primary N) is 3. The van der Waals surface area contributed by atoms with Gasteiger partial charge in [-0.2, -0.15) is 47.9 Å². The molecule has 6 amide bonds. The van der Waals surface area contributed by atoms with Crippen molar-refractivity contribution >= 4 is 133 Å². The number of nitrogens with zero attached hydrogens (tertiary/aromatic N) is 4. The van der Waals surface area contributed by atoms with E-state index in [1.54, 1.807) is 93.2 Å². The van der Waals surface area contributed by atoms with Crippen LogP contribution in [0.3, 0.4) is 0 Å². The maximum absolute atomic E-state index is 13.5. The molecule has 0 radical (unpaired) electrons. The number of unbranched alkanes of at least 4 members (excludes halogenated alkanes) is 1. The fourth-order valence-corrected chi connectivity index (χ4v) is 12.9. The van der Waals surface area contributed by atoms with E-state index in [2.05, 4.69) is 32.0 Å². The van der Waals surface area contributed by atoms with Gasteiger partial charge in [-0.1, -0.05) is 153 Å². The summed E-state index contributed by atoms with van der Waals surface area (Å²) in [5.74, 6) is -5.60. The first-order chi connectivity index (χ1) is 63.7. The molecule has 42 heteroatoms. The van der Waals surface area contributed by atoms with Gasteiger partial charge >= 0.3 is 124 Å². The quantitative estimate of drug-likeness (QED) is 0.00395. The SMILES string of the molecule is C.C1CCOC1.CC.CC.CCC(=O)OC(C)(C)C.CCN(CCCC(=O)[C@H](CCCCC(N)=NS(=O)(=O)c1c(C)c(C)c2c(c1C)CC(C)(C)O2)NC(=O)OC(C)(C)C)C(=O)CCc1ccccc1.CCN(CCN)C(=O)OCc1ccccc1.CCN(CCNC(=O)C(F)(F)F)C(=O)OCc1ccccc1.CCNCCN.CCNCCNC(=O)C(F)(F)F.CCOC(=O)C(F)(F)F.[K][K]. The molecule has 11 N–H and O–H groups in total. The van der Waals surface area contributed by atoms with E-state index in [-0.39, 0.29) is 99.7 Å². The number of hydrogen-bond acceptors (Lipinski definition) is 22. The Morgan fingerprint density at radius 3 is 1.38 bits per heavy atom. The minimum atomic E-state index is -4.93. The van der Waals surface area contributed by atoms with E-state index in [0.717, 1.165) is 66.4 Å². The summed E-state index contributed by atoms with van der Waals surface area (Å²) in [6, 6.07) is 27.6. The van der Waals surface area contributed by atoms with Crippen molar-refractivity contribution in [3.63, 3.8) is 0 Å². The standard InChI is InChI=1S/C39H58N4O7S.C14H17F3N2O3.C12H18N2O2.C7H14O2.C6H11F3N2O.C4H5F3O2.C4H12N2.C4H8O.2C2H6.CH4.2K/c1-10-43(34(45)23-22-29-17-12-11-13-18-29)24-16-20-32(44)31(41-37(46)50-38(5,6)7)19-14-15-21-33(40)42-51(47,48)36-27(3)26(2)35-30(28(36)4)25-39(8,9)49-35;1-2-19(9-8-18-12(20)14(15,16)17)13(21)22-10-11-6-4-3-5-7-11;1-2-14(9-8-13)12(15)16-10-11-6-4-3-5-7-11;1-5-6(8)9-7(2,3)4;1-2-10-3-4-11-5(12)6(7,8)9;1-2-9-3(8)4(5,6)7;1-2-6-4-3-5;1-2-4-5-3-1;2*1-2;;;/h11-13,17-18,31H,10,14-16,19-25H2,1-9H3,(H2,40,42)(H,41,46);3-7H,2,8-10H2,1H3,(H,18,20);3-7H,2,8-10,13H2,1H3;5H2,1-4H3;10H,2-4H2,1H3,(H,11,12);2H2,1H3;6H,2-5H2,1H3;1-4H2;2*1-2H3;1H4;;/t31-;;;;;;;;;;;;/m0............/s1. The van der Waals surface area contributed by atoms with Crippen LogP contribution >= 0.6 is 0 Å². The third-order valence-electron chi connectivity index (χ3n) is 17.8. The van der Waals surface area contributed by atoms with Crippen LogP contribution in [0.1, 0.15) is 242 Å². The van der Waals surface area contributed by atoms with Gasteiger partial charge in [0.25, 0.3) is 10.0 Å². The van der Waals surface area contributed by atoms with Crippen LogP contribution in [0.4, 0.5) is 53.9 Å². The van der Waals surface area contributed by atoms with Gasteiger partial charge in [-0.3, -0.25) is 24.0 Å². The second-order valence-corrected chi connectivity index (χ2v) is 33.1. The first kappa shape index (κ1) is 141. The molecule has 2 aliphatic heterocycles. The van der Waals surface area contributed by atoms with Crippen molar-refractivity contribution in [3.05, 3.63) is 130 Å². The van der Waals surface area contributed by atoms with Crippen LogP contribution in [-0.4, -0.2) is 299 Å². The van der Waals surface area contributed by atoms with Gasteiger partial charge in [-0.15, -0.1) is 4.40 Å². The number of carbonyl (C=O) groups is 9. The number of Topliss-reactive ketones (excluding diaryl/α,β-unsaturated/α-hetero) is 1. The Kier molecular flexibility index (Phi) is 82.2. The Bertz CT molecular complexity index is 4090. The van der Waals surface area contributed by atoms with Crippen molar-refractivity contribution in [2.24, 2.45) is 21.6 Å². The van der Waals surface area contributed by atoms with Crippen molar-refractivity contribution < 1.29 is 124 Å². The zero-order valence-corrected chi connectivity index (χ0v) is 91.9. The van der Waals surface area contributed by atoms with Gasteiger partial charge in [0.2, 0.25) is 5.91 Å². The number of alkyl halides is 9. The number of nitrogens with one attached hydrogen (secondary N) is 5. The van der Waals surface area contributed by atoms with Crippen LogP contribution in [-0.2, 0) is 93.3 Å². The van der Waals surface area contributed by atoms with E-state index >= 15 is 0 Å². The molecule has 0 aromatic heterocycles. The summed E-state index contributed by atoms with van der Waals surface area (Å²) in [6.07, 6.45) is -9.48. The van der Waals surface area contributed by atoms with Crippen LogP contribution in [0.15, 0.2) is 100 Å². The van der Waals surface area contributed by atoms with Crippen LogP contribution in [0.25, 0.3) is 0 Å². The molecule has 1 fully saturated rings. The Labute approximate surface area is 854 Å². The number of rotatable bonds is 37. The fraction of sp³-hybridized carbons (Fsp3) is 0.642. The molecule has 30 nitrogen and oxygen atoms in total. The summed E-state index contributed by atoms with van der Waals surface area (Å²) in [6.45, 7) is 49.0. The topological polar surface area (TPSA) is 413 Å². The molecule has 0 unspecified atom stereocenters. The zero-order chi connectivity index (χ0) is 105. The van der Waals surface area contributed by atoms with Crippen LogP contribution < -0.4 is 48.5 Å². The number of ketones is 1. The molecule has 137 heavy (non-hydrogen) atoms. The average molecular weight is 2040 g/mol. The number of hydrogen-bond donors (Lipinski definition) is 8. The van der Waals surface area contributed by atoms with Gasteiger partial charge in [0.1, 0.15) is 41.6 Å². The van der Waals surface area contributed by atoms with E-state index in [1.807, 2.05) is 157 Å². The van der Waals surface area contributed by atoms with E-state index in [9.17, 15) is 91.1 Å². The zero-order valence-electron chi connectivity index (χ0n) is 84.8. The molecule has 4 aromatic carbocycles. The van der Waals surface area contributed by atoms with E-state index in [1.165, 1.54) is 87.8 Å². The second-order valence-electron chi connectivity index (χ2n) is 31.6. The Morgan fingerprint density at radius 2 is 1.00 bits per heavy atom. The monoisotopic (exact) mass is 2040 g/mol. The molecule has 6 rings (SSSR count). The number of fused-ring (bicyclic) bond motifs is 1. The van der Waals surface area contributed by atoms with Gasteiger partial charge in [0.15, 0.2) is 5.78 Å². The van der Waals surface area contributed by atoms with E-state index in [4.69, 9.17) is 45.6 Å².